The van der Waals surface area contributed by atoms with Crippen LogP contribution in [-0.2, 0) is 15.7 Å². The Morgan fingerprint density at radius 2 is 2.19 bits per heavy atom. The van der Waals surface area contributed by atoms with Gasteiger partial charge in [-0.2, -0.15) is 18.3 Å². The van der Waals surface area contributed by atoms with Gasteiger partial charge < -0.3 is 24.6 Å². The van der Waals surface area contributed by atoms with Crippen molar-refractivity contribution >= 4 is 39.3 Å². The van der Waals surface area contributed by atoms with Crippen molar-refractivity contribution in [1.82, 2.24) is 20.1 Å². The molecule has 2 atom stereocenters. The van der Waals surface area contributed by atoms with Crippen LogP contribution in [0.4, 0.5) is 24.7 Å². The molecule has 0 aliphatic carbocycles. The van der Waals surface area contributed by atoms with Crippen LogP contribution in [0.15, 0.2) is 23.3 Å². The van der Waals surface area contributed by atoms with Crippen molar-refractivity contribution in [3.05, 3.63) is 39.4 Å². The number of pyridine rings is 1. The third-order valence-electron chi connectivity index (χ3n) is 6.11. The zero-order valence-electron chi connectivity index (χ0n) is 19.9. The monoisotopic (exact) mass is 557 g/mol. The first kappa shape index (κ1) is 27.2. The molecule has 0 spiro atoms. The second-order valence-corrected chi connectivity index (χ2v) is 10.3. The lowest BCUT2D eigenvalue weighted by Gasteiger charge is -2.48. The van der Waals surface area contributed by atoms with E-state index in [9.17, 15) is 22.8 Å². The van der Waals surface area contributed by atoms with E-state index in [2.05, 4.69) is 30.5 Å². The van der Waals surface area contributed by atoms with E-state index < -0.39 is 34.2 Å². The summed E-state index contributed by atoms with van der Waals surface area (Å²) in [5.41, 5.74) is -3.12. The first-order valence-corrected chi connectivity index (χ1v) is 12.4. The summed E-state index contributed by atoms with van der Waals surface area (Å²) in [7, 11) is 3.87. The Hall–Kier alpha value is -2.84. The van der Waals surface area contributed by atoms with Crippen LogP contribution in [0.5, 0.6) is 5.75 Å². The molecule has 1 fully saturated rings. The summed E-state index contributed by atoms with van der Waals surface area (Å²) in [6, 6.07) is 1.16. The number of nitrogens with zero attached hydrogens (tertiary/aromatic N) is 4. The van der Waals surface area contributed by atoms with E-state index in [1.807, 2.05) is 0 Å². The number of aromatic amines is 1. The van der Waals surface area contributed by atoms with Gasteiger partial charge >= 0.3 is 6.18 Å². The number of halogens is 4. The van der Waals surface area contributed by atoms with E-state index >= 15 is 0 Å². The maximum atomic E-state index is 13.2. The maximum absolute atomic E-state index is 13.2. The van der Waals surface area contributed by atoms with E-state index in [0.29, 0.717) is 49.3 Å². The zero-order valence-corrected chi connectivity index (χ0v) is 21.7. The second-order valence-electron chi connectivity index (χ2n) is 8.93. The molecule has 3 radical (unpaired) electrons. The van der Waals surface area contributed by atoms with Crippen LogP contribution in [0, 0.1) is 0 Å². The Labute approximate surface area is 218 Å². The van der Waals surface area contributed by atoms with Gasteiger partial charge in [0.2, 0.25) is 5.91 Å². The van der Waals surface area contributed by atoms with Crippen molar-refractivity contribution in [3.63, 3.8) is 0 Å². The molecule has 2 aromatic heterocycles. The highest BCUT2D eigenvalue weighted by Crippen LogP contribution is 2.38. The Morgan fingerprint density at radius 1 is 1.41 bits per heavy atom. The van der Waals surface area contributed by atoms with Crippen LogP contribution >= 0.6 is 11.6 Å². The number of amides is 1. The van der Waals surface area contributed by atoms with Gasteiger partial charge in [0, 0.05) is 49.5 Å². The molecule has 1 saturated heterocycles. The number of aromatic nitrogens is 3. The molecule has 15 heteroatoms. The summed E-state index contributed by atoms with van der Waals surface area (Å²) in [4.78, 5) is 32.7. The van der Waals surface area contributed by atoms with Gasteiger partial charge in [0.05, 0.1) is 53.4 Å². The van der Waals surface area contributed by atoms with Gasteiger partial charge in [-0.05, 0) is 6.92 Å². The molecule has 0 saturated carbocycles. The number of piperazine rings is 1. The molecule has 2 N–H and O–H groups in total. The zero-order chi connectivity index (χ0) is 26.8. The van der Waals surface area contributed by atoms with Gasteiger partial charge in [-0.15, -0.1) is 0 Å². The highest BCUT2D eigenvalue weighted by molar-refractivity contribution is 6.30. The molecule has 0 bridgehead atoms. The van der Waals surface area contributed by atoms with Crippen molar-refractivity contribution in [2.45, 2.75) is 37.1 Å². The fourth-order valence-electron chi connectivity index (χ4n) is 4.38. The summed E-state index contributed by atoms with van der Waals surface area (Å²) < 4.78 is 50.9. The van der Waals surface area contributed by atoms with E-state index in [4.69, 9.17) is 21.1 Å². The average Bonchev–Trinajstić information content (AvgIpc) is 2.95. The predicted octanol–water partition coefficient (Wildman–Crippen LogP) is 2.04. The van der Waals surface area contributed by atoms with Crippen LogP contribution in [0.3, 0.4) is 0 Å². The number of H-pyrrole nitrogens is 1. The number of hydrogen-bond donors (Lipinski definition) is 2. The topological polar surface area (TPSA) is 113 Å². The lowest BCUT2D eigenvalue weighted by atomic mass is 10.1. The molecule has 0 unspecified atom stereocenters. The first-order valence-electron chi connectivity index (χ1n) is 11.6. The SMILES string of the molecule is C[C@@H](COCCC(=O)N1CCN2c3ncc(Cl)cc3OCC[C@@]2([Si])C1)Nc1cn[nH]c(=O)c1C(F)(F)F. The lowest BCUT2D eigenvalue weighted by molar-refractivity contribution is -0.138. The highest BCUT2D eigenvalue weighted by atomic mass is 35.5. The maximum Gasteiger partial charge on any atom is 0.423 e. The van der Waals surface area contributed by atoms with Crippen LogP contribution < -0.4 is 20.5 Å². The quantitative estimate of drug-likeness (QED) is 0.393. The van der Waals surface area contributed by atoms with Crippen molar-refractivity contribution in [1.29, 1.82) is 0 Å². The molecule has 2 aromatic rings. The highest BCUT2D eigenvalue weighted by Gasteiger charge is 2.42. The Kier molecular flexibility index (Phi) is 7.99. The van der Waals surface area contributed by atoms with Crippen LogP contribution in [-0.4, -0.2) is 86.9 Å². The number of anilines is 2. The van der Waals surface area contributed by atoms with Gasteiger partial charge in [-0.3, -0.25) is 9.59 Å². The summed E-state index contributed by atoms with van der Waals surface area (Å²) in [6.07, 6.45) is -1.66. The molecule has 2 aliphatic rings. The van der Waals surface area contributed by atoms with Gasteiger partial charge in [0.15, 0.2) is 11.6 Å². The molecule has 199 valence electrons. The molecular formula is C22H25ClF3N6O4Si. The van der Waals surface area contributed by atoms with Gasteiger partial charge in [0.25, 0.3) is 5.56 Å². The number of carbonyl (C=O) groups excluding carboxylic acids is 1. The molecule has 37 heavy (non-hydrogen) atoms. The summed E-state index contributed by atoms with van der Waals surface area (Å²) in [6.45, 7) is 3.55. The van der Waals surface area contributed by atoms with E-state index in [-0.39, 0.29) is 25.5 Å². The fraction of sp³-hybridized carbons (Fsp3) is 0.545. The van der Waals surface area contributed by atoms with E-state index in [1.54, 1.807) is 29.2 Å². The smallest absolute Gasteiger partial charge is 0.423 e. The third kappa shape index (κ3) is 6.18. The fourth-order valence-corrected chi connectivity index (χ4v) is 5.04. The second kappa shape index (κ2) is 10.9. The van der Waals surface area contributed by atoms with Gasteiger partial charge in [0.1, 0.15) is 5.56 Å². The molecule has 0 aromatic carbocycles. The van der Waals surface area contributed by atoms with Crippen LogP contribution in [0.2, 0.25) is 5.02 Å². The number of fused-ring (bicyclic) bond motifs is 3. The largest absolute Gasteiger partial charge is 0.490 e. The van der Waals surface area contributed by atoms with Crippen molar-refractivity contribution in [3.8, 4) is 5.75 Å². The van der Waals surface area contributed by atoms with Crippen LogP contribution in [0.1, 0.15) is 25.3 Å². The summed E-state index contributed by atoms with van der Waals surface area (Å²) in [5, 5.41) is 7.73. The lowest BCUT2D eigenvalue weighted by Crippen LogP contribution is -2.64. The number of hydrogen-bond acceptors (Lipinski definition) is 8. The standard InChI is InChI=1S/C22H25ClF3N6O4Si/c1-13(29-15-10-28-30-20(34)18(15)22(24,25)26)11-35-6-2-17(33)31-4-5-32-19-16(8-14(23)9-27-19)36-7-3-21(32,37)12-31/h8-10,13H,2-7,11-12H2,1H3,(H2,29,30,34)/t13-,21+/m0/s1. The third-order valence-corrected chi connectivity index (χ3v) is 7.00. The normalized spacial score (nSPS) is 20.4. The molecular weight excluding hydrogens is 533 g/mol. The number of carbonyl (C=O) groups is 1. The van der Waals surface area contributed by atoms with Crippen LogP contribution in [0.25, 0.3) is 0 Å². The summed E-state index contributed by atoms with van der Waals surface area (Å²) >= 11 is 6.05. The molecule has 4 rings (SSSR count). The van der Waals surface area contributed by atoms with Gasteiger partial charge in [-0.25, -0.2) is 10.1 Å². The summed E-state index contributed by atoms with van der Waals surface area (Å²) in [5.74, 6) is 1.16. The van der Waals surface area contributed by atoms with E-state index in [0.717, 1.165) is 6.20 Å². The van der Waals surface area contributed by atoms with Gasteiger partial charge in [-0.1, -0.05) is 11.6 Å². The number of ether oxygens (including phenoxy) is 2. The first-order chi connectivity index (χ1) is 17.5. The number of alkyl halides is 3. The predicted molar refractivity (Wildman–Crippen MR) is 130 cm³/mol. The van der Waals surface area contributed by atoms with Crippen molar-refractivity contribution < 1.29 is 27.4 Å². The van der Waals surface area contributed by atoms with Crippen molar-refractivity contribution in [2.75, 3.05) is 49.7 Å². The minimum Gasteiger partial charge on any atom is -0.490 e. The van der Waals surface area contributed by atoms with Crippen molar-refractivity contribution in [2.24, 2.45) is 0 Å². The molecule has 10 nitrogen and oxygen atoms in total. The molecule has 4 heterocycles. The van der Waals surface area contributed by atoms with E-state index in [1.165, 1.54) is 0 Å². The molecule has 1 amide bonds. The minimum atomic E-state index is -4.84. The molecule has 2 aliphatic heterocycles. The number of rotatable bonds is 7. The minimum absolute atomic E-state index is 0.0234. The average molecular weight is 558 g/mol. The number of nitrogens with one attached hydrogen (secondary N) is 2. The Morgan fingerprint density at radius 3 is 2.95 bits per heavy atom. The Balaban J connectivity index is 1.28. The Bertz CT molecular complexity index is 1200.